The van der Waals surface area contributed by atoms with E-state index < -0.39 is 0 Å². The highest BCUT2D eigenvalue weighted by atomic mass is 35.5. The van der Waals surface area contributed by atoms with E-state index in [9.17, 15) is 0 Å². The Labute approximate surface area is 101 Å². The minimum Gasteiger partial charge on any atom is -0.328 e. The zero-order valence-corrected chi connectivity index (χ0v) is 10.1. The second-order valence-electron chi connectivity index (χ2n) is 4.36. The summed E-state index contributed by atoms with van der Waals surface area (Å²) in [6.45, 7) is 0. The van der Waals surface area contributed by atoms with Crippen molar-refractivity contribution >= 4 is 23.2 Å². The Morgan fingerprint density at radius 1 is 1.27 bits per heavy atom. The van der Waals surface area contributed by atoms with E-state index >= 15 is 0 Å². The van der Waals surface area contributed by atoms with Crippen molar-refractivity contribution in [3.05, 3.63) is 33.8 Å². The maximum atomic E-state index is 6.14. The van der Waals surface area contributed by atoms with E-state index in [0.29, 0.717) is 22.0 Å². The summed E-state index contributed by atoms with van der Waals surface area (Å²) in [5.41, 5.74) is 7.04. The van der Waals surface area contributed by atoms with Gasteiger partial charge in [-0.15, -0.1) is 0 Å². The van der Waals surface area contributed by atoms with E-state index in [1.54, 1.807) is 0 Å². The van der Waals surface area contributed by atoms with Crippen LogP contribution in [0.2, 0.25) is 10.0 Å². The van der Waals surface area contributed by atoms with Gasteiger partial charge in [0.2, 0.25) is 0 Å². The number of benzene rings is 1. The van der Waals surface area contributed by atoms with Crippen molar-refractivity contribution in [2.24, 2.45) is 11.7 Å². The van der Waals surface area contributed by atoms with Crippen LogP contribution in [-0.2, 0) is 6.42 Å². The molecule has 1 fully saturated rings. The summed E-state index contributed by atoms with van der Waals surface area (Å²) < 4.78 is 0. The van der Waals surface area contributed by atoms with E-state index in [1.807, 2.05) is 12.1 Å². The Bertz CT molecular complexity index is 351. The monoisotopic (exact) mass is 243 g/mol. The van der Waals surface area contributed by atoms with Crippen LogP contribution in [0.15, 0.2) is 18.2 Å². The van der Waals surface area contributed by atoms with Gasteiger partial charge in [-0.05, 0) is 43.2 Å². The Hall–Kier alpha value is -0.240. The minimum atomic E-state index is 0.382. The molecule has 0 aliphatic heterocycles. The quantitative estimate of drug-likeness (QED) is 0.844. The van der Waals surface area contributed by atoms with Crippen LogP contribution in [0.3, 0.4) is 0 Å². The lowest BCUT2D eigenvalue weighted by atomic mass is 9.98. The van der Waals surface area contributed by atoms with E-state index in [0.717, 1.165) is 24.8 Å². The Kier molecular flexibility index (Phi) is 3.55. The van der Waals surface area contributed by atoms with Crippen molar-refractivity contribution in [3.8, 4) is 0 Å². The molecule has 1 aliphatic rings. The molecule has 1 nitrogen and oxygen atoms in total. The standard InChI is InChI=1S/C12H15Cl2N/c13-11-3-1-2-9(12(11)14)6-8-4-5-10(15)7-8/h1-3,8,10H,4-7,15H2. The summed E-state index contributed by atoms with van der Waals surface area (Å²) in [7, 11) is 0. The van der Waals surface area contributed by atoms with Crippen molar-refractivity contribution in [2.45, 2.75) is 31.7 Å². The molecule has 15 heavy (non-hydrogen) atoms. The second kappa shape index (κ2) is 4.73. The first-order chi connectivity index (χ1) is 7.16. The van der Waals surface area contributed by atoms with Crippen molar-refractivity contribution in [1.82, 2.24) is 0 Å². The molecule has 1 aromatic carbocycles. The Morgan fingerprint density at radius 3 is 2.73 bits per heavy atom. The third-order valence-electron chi connectivity index (χ3n) is 3.12. The van der Waals surface area contributed by atoms with Gasteiger partial charge < -0.3 is 5.73 Å². The van der Waals surface area contributed by atoms with E-state index in [2.05, 4.69) is 6.07 Å². The highest BCUT2D eigenvalue weighted by Crippen LogP contribution is 2.32. The number of rotatable bonds is 2. The van der Waals surface area contributed by atoms with Gasteiger partial charge in [0, 0.05) is 6.04 Å². The summed E-state index contributed by atoms with van der Waals surface area (Å²) >= 11 is 12.1. The highest BCUT2D eigenvalue weighted by Gasteiger charge is 2.22. The SMILES string of the molecule is NC1CCC(Cc2cccc(Cl)c2Cl)C1. The fraction of sp³-hybridized carbons (Fsp3) is 0.500. The first kappa shape index (κ1) is 11.3. The molecule has 2 rings (SSSR count). The lowest BCUT2D eigenvalue weighted by Crippen LogP contribution is -2.15. The normalized spacial score (nSPS) is 25.8. The Morgan fingerprint density at radius 2 is 2.07 bits per heavy atom. The zero-order chi connectivity index (χ0) is 10.8. The largest absolute Gasteiger partial charge is 0.328 e. The van der Waals surface area contributed by atoms with E-state index in [-0.39, 0.29) is 0 Å². The molecule has 0 aromatic heterocycles. The van der Waals surface area contributed by atoms with Gasteiger partial charge in [0.15, 0.2) is 0 Å². The summed E-state index contributed by atoms with van der Waals surface area (Å²) in [6, 6.07) is 6.22. The minimum absolute atomic E-state index is 0.382. The van der Waals surface area contributed by atoms with Crippen molar-refractivity contribution in [3.63, 3.8) is 0 Å². The molecule has 1 saturated carbocycles. The van der Waals surface area contributed by atoms with Crippen LogP contribution in [0.4, 0.5) is 0 Å². The fourth-order valence-electron chi connectivity index (χ4n) is 2.32. The first-order valence-corrected chi connectivity index (χ1v) is 6.11. The molecular weight excluding hydrogens is 229 g/mol. The van der Waals surface area contributed by atoms with Gasteiger partial charge in [0.05, 0.1) is 10.0 Å². The second-order valence-corrected chi connectivity index (χ2v) is 5.14. The topological polar surface area (TPSA) is 26.0 Å². The zero-order valence-electron chi connectivity index (χ0n) is 8.55. The summed E-state index contributed by atoms with van der Waals surface area (Å²) in [5.74, 6) is 0.677. The molecule has 2 atom stereocenters. The number of hydrogen-bond acceptors (Lipinski definition) is 1. The third kappa shape index (κ3) is 2.66. The van der Waals surface area contributed by atoms with Crippen molar-refractivity contribution in [2.75, 3.05) is 0 Å². The van der Waals surface area contributed by atoms with Crippen LogP contribution >= 0.6 is 23.2 Å². The first-order valence-electron chi connectivity index (χ1n) is 5.35. The molecule has 1 aliphatic carbocycles. The molecule has 0 spiro atoms. The molecule has 0 bridgehead atoms. The number of nitrogens with two attached hydrogens (primary N) is 1. The smallest absolute Gasteiger partial charge is 0.0624 e. The average Bonchev–Trinajstić information content (AvgIpc) is 2.59. The van der Waals surface area contributed by atoms with Gasteiger partial charge in [0.25, 0.3) is 0 Å². The molecule has 2 N–H and O–H groups in total. The van der Waals surface area contributed by atoms with Crippen LogP contribution in [0.1, 0.15) is 24.8 Å². The molecule has 3 heteroatoms. The molecule has 0 amide bonds. The lowest BCUT2D eigenvalue weighted by Gasteiger charge is -2.11. The summed E-state index contributed by atoms with van der Waals surface area (Å²) in [5, 5.41) is 1.36. The predicted molar refractivity (Wildman–Crippen MR) is 65.5 cm³/mol. The molecule has 82 valence electrons. The molecular formula is C12H15Cl2N. The summed E-state index contributed by atoms with van der Waals surface area (Å²) in [6.07, 6.45) is 4.47. The molecule has 0 saturated heterocycles. The maximum absolute atomic E-state index is 6.14. The van der Waals surface area contributed by atoms with E-state index in [1.165, 1.54) is 6.42 Å². The van der Waals surface area contributed by atoms with Crippen LogP contribution in [0.5, 0.6) is 0 Å². The van der Waals surface area contributed by atoms with Crippen molar-refractivity contribution < 1.29 is 0 Å². The maximum Gasteiger partial charge on any atom is 0.0624 e. The molecule has 2 unspecified atom stereocenters. The average molecular weight is 244 g/mol. The van der Waals surface area contributed by atoms with E-state index in [4.69, 9.17) is 28.9 Å². The van der Waals surface area contributed by atoms with Crippen LogP contribution in [0, 0.1) is 5.92 Å². The predicted octanol–water partition coefficient (Wildman–Crippen LogP) is 3.66. The molecule has 1 aromatic rings. The van der Waals surface area contributed by atoms with Crippen LogP contribution in [-0.4, -0.2) is 6.04 Å². The van der Waals surface area contributed by atoms with Gasteiger partial charge in [-0.3, -0.25) is 0 Å². The lowest BCUT2D eigenvalue weighted by molar-refractivity contribution is 0.535. The Balaban J connectivity index is 2.07. The van der Waals surface area contributed by atoms with Gasteiger partial charge in [-0.25, -0.2) is 0 Å². The van der Waals surface area contributed by atoms with Gasteiger partial charge in [0.1, 0.15) is 0 Å². The molecule has 0 radical (unpaired) electrons. The van der Waals surface area contributed by atoms with Gasteiger partial charge in [-0.2, -0.15) is 0 Å². The number of hydrogen-bond donors (Lipinski definition) is 1. The van der Waals surface area contributed by atoms with Gasteiger partial charge >= 0.3 is 0 Å². The molecule has 0 heterocycles. The number of halogens is 2. The van der Waals surface area contributed by atoms with Crippen LogP contribution in [0.25, 0.3) is 0 Å². The highest BCUT2D eigenvalue weighted by molar-refractivity contribution is 6.42. The third-order valence-corrected chi connectivity index (χ3v) is 3.98. The van der Waals surface area contributed by atoms with Crippen LogP contribution < -0.4 is 5.73 Å². The fourth-order valence-corrected chi connectivity index (χ4v) is 2.71. The summed E-state index contributed by atoms with van der Waals surface area (Å²) in [4.78, 5) is 0. The van der Waals surface area contributed by atoms with Gasteiger partial charge in [-0.1, -0.05) is 35.3 Å². The van der Waals surface area contributed by atoms with Crippen molar-refractivity contribution in [1.29, 1.82) is 0 Å².